The molecular weight excluding hydrogens is 571 g/mol. The molecule has 3 aromatic carbocycles. The molecule has 1 unspecified atom stereocenters. The fourth-order valence-electron chi connectivity index (χ4n) is 4.49. The van der Waals surface area contributed by atoms with Crippen molar-refractivity contribution in [2.75, 3.05) is 18.1 Å². The van der Waals surface area contributed by atoms with E-state index >= 15 is 0 Å². The Kier molecular flexibility index (Phi) is 9.04. The molecule has 1 aromatic heterocycles. The van der Waals surface area contributed by atoms with Crippen LogP contribution in [-0.4, -0.2) is 40.2 Å². The Morgan fingerprint density at radius 2 is 1.81 bits per heavy atom. The number of carbonyl (C=O) groups is 2. The smallest absolute Gasteiger partial charge is 0.301 e. The lowest BCUT2D eigenvalue weighted by molar-refractivity contribution is -0.132. The highest BCUT2D eigenvalue weighted by Gasteiger charge is 2.48. The number of hydrogen-bond donors (Lipinski definition) is 1. The van der Waals surface area contributed by atoms with E-state index in [0.29, 0.717) is 39.3 Å². The van der Waals surface area contributed by atoms with Gasteiger partial charge in [-0.1, -0.05) is 77.7 Å². The summed E-state index contributed by atoms with van der Waals surface area (Å²) in [4.78, 5) is 28.4. The lowest BCUT2D eigenvalue weighted by Crippen LogP contribution is -2.29. The van der Waals surface area contributed by atoms with Crippen LogP contribution in [0.1, 0.15) is 35.2 Å². The zero-order chi connectivity index (χ0) is 29.6. The van der Waals surface area contributed by atoms with Gasteiger partial charge in [-0.25, -0.2) is 0 Å². The monoisotopic (exact) mass is 599 g/mol. The molecule has 1 aliphatic heterocycles. The quantitative estimate of drug-likeness (QED) is 0.0506. The van der Waals surface area contributed by atoms with Gasteiger partial charge in [0.1, 0.15) is 23.9 Å². The van der Waals surface area contributed by atoms with Crippen LogP contribution in [0.25, 0.3) is 5.76 Å². The molecule has 1 saturated heterocycles. The molecule has 0 aliphatic carbocycles. The minimum absolute atomic E-state index is 0.0471. The summed E-state index contributed by atoms with van der Waals surface area (Å²) in [5, 5.41) is 20.3. The largest absolute Gasteiger partial charge is 0.507 e. The highest BCUT2D eigenvalue weighted by atomic mass is 32.2. The first-order valence-corrected chi connectivity index (χ1v) is 15.1. The number of rotatable bonds is 11. The van der Waals surface area contributed by atoms with Crippen LogP contribution >= 0.6 is 23.1 Å². The van der Waals surface area contributed by atoms with Gasteiger partial charge in [0.15, 0.2) is 4.34 Å². The molecule has 1 fully saturated rings. The van der Waals surface area contributed by atoms with Crippen LogP contribution in [-0.2, 0) is 15.3 Å². The number of thioether (sulfide) groups is 1. The summed E-state index contributed by atoms with van der Waals surface area (Å²) in [5.41, 5.74) is 3.23. The van der Waals surface area contributed by atoms with Crippen LogP contribution < -0.4 is 14.4 Å². The van der Waals surface area contributed by atoms with Crippen molar-refractivity contribution >= 4 is 45.7 Å². The van der Waals surface area contributed by atoms with Crippen molar-refractivity contribution in [3.63, 3.8) is 0 Å². The molecule has 0 bridgehead atoms. The first-order valence-electron chi connectivity index (χ1n) is 13.3. The zero-order valence-corrected chi connectivity index (χ0v) is 24.8. The van der Waals surface area contributed by atoms with Crippen molar-refractivity contribution < 1.29 is 24.2 Å². The number of hydrogen-bond acceptors (Lipinski definition) is 9. The van der Waals surface area contributed by atoms with Crippen LogP contribution in [0.5, 0.6) is 11.5 Å². The van der Waals surface area contributed by atoms with Crippen molar-refractivity contribution in [1.82, 2.24) is 10.2 Å². The molecule has 4 aromatic rings. The van der Waals surface area contributed by atoms with Crippen molar-refractivity contribution in [3.05, 3.63) is 113 Å². The Labute approximate surface area is 252 Å². The predicted molar refractivity (Wildman–Crippen MR) is 165 cm³/mol. The second-order valence-corrected chi connectivity index (χ2v) is 11.6. The van der Waals surface area contributed by atoms with E-state index in [9.17, 15) is 14.7 Å². The van der Waals surface area contributed by atoms with Gasteiger partial charge >= 0.3 is 5.91 Å². The first kappa shape index (κ1) is 29.1. The van der Waals surface area contributed by atoms with E-state index in [-0.39, 0.29) is 23.1 Å². The topological polar surface area (TPSA) is 102 Å². The van der Waals surface area contributed by atoms with Crippen LogP contribution in [0, 0.1) is 6.92 Å². The van der Waals surface area contributed by atoms with Crippen molar-refractivity contribution in [2.24, 2.45) is 0 Å². The van der Waals surface area contributed by atoms with E-state index in [2.05, 4.69) is 41.0 Å². The minimum Gasteiger partial charge on any atom is -0.507 e. The normalized spacial score (nSPS) is 16.0. The number of aliphatic hydroxyl groups excluding tert-OH is 1. The fourth-order valence-corrected chi connectivity index (χ4v) is 6.32. The molecule has 10 heteroatoms. The van der Waals surface area contributed by atoms with Gasteiger partial charge in [-0.3, -0.25) is 14.5 Å². The summed E-state index contributed by atoms with van der Waals surface area (Å²) >= 11 is 2.72. The molecule has 8 nitrogen and oxygen atoms in total. The third-order valence-corrected chi connectivity index (χ3v) is 8.64. The van der Waals surface area contributed by atoms with E-state index in [1.54, 1.807) is 54.6 Å². The SMILES string of the molecule is C=CCOc1cccc(C2C(=C(O)c3ccc(OCC)cc3)C(=O)C(=O)N2c2nnc(SCc3ccc(C)cc3)s2)c1. The van der Waals surface area contributed by atoms with E-state index in [0.717, 1.165) is 5.56 Å². The van der Waals surface area contributed by atoms with Gasteiger partial charge in [0.25, 0.3) is 5.78 Å². The van der Waals surface area contributed by atoms with E-state index in [4.69, 9.17) is 9.47 Å². The molecule has 0 saturated carbocycles. The van der Waals surface area contributed by atoms with Crippen LogP contribution in [0.3, 0.4) is 0 Å². The molecule has 1 aliphatic rings. The maximum absolute atomic E-state index is 13.6. The van der Waals surface area contributed by atoms with Crippen molar-refractivity contribution in [1.29, 1.82) is 0 Å². The number of aliphatic hydroxyl groups is 1. The summed E-state index contributed by atoms with van der Waals surface area (Å²) in [7, 11) is 0. The third kappa shape index (κ3) is 6.24. The molecule has 0 radical (unpaired) electrons. The number of ketones is 1. The molecule has 1 atom stereocenters. The predicted octanol–water partition coefficient (Wildman–Crippen LogP) is 6.73. The van der Waals surface area contributed by atoms with E-state index in [1.165, 1.54) is 33.6 Å². The second kappa shape index (κ2) is 13.1. The molecule has 1 N–H and O–H groups in total. The van der Waals surface area contributed by atoms with Gasteiger partial charge in [0.2, 0.25) is 5.13 Å². The number of aromatic nitrogens is 2. The molecule has 5 rings (SSSR count). The first-order chi connectivity index (χ1) is 20.4. The number of aryl methyl sites for hydroxylation is 1. The van der Waals surface area contributed by atoms with E-state index < -0.39 is 17.7 Å². The minimum atomic E-state index is -0.952. The maximum Gasteiger partial charge on any atom is 0.301 e. The third-order valence-electron chi connectivity index (χ3n) is 6.51. The van der Waals surface area contributed by atoms with Gasteiger partial charge in [-0.05, 0) is 61.4 Å². The Bertz CT molecular complexity index is 1630. The Morgan fingerprint density at radius 3 is 2.52 bits per heavy atom. The van der Waals surface area contributed by atoms with E-state index in [1.807, 2.05) is 13.8 Å². The summed E-state index contributed by atoms with van der Waals surface area (Å²) in [6.45, 7) is 8.38. The van der Waals surface area contributed by atoms with Crippen LogP contribution in [0.4, 0.5) is 5.13 Å². The summed E-state index contributed by atoms with van der Waals surface area (Å²) in [6.07, 6.45) is 1.63. The number of amides is 1. The molecular formula is C32H29N3O5S2. The number of carbonyl (C=O) groups excluding carboxylic acids is 2. The fraction of sp³-hybridized carbons (Fsp3) is 0.188. The standard InChI is InChI=1S/C32H29N3O5S2/c1-4-17-40-25-8-6-7-23(18-25)27-26(28(36)22-13-15-24(16-14-22)39-5-2)29(37)30(38)35(27)31-33-34-32(42-31)41-19-21-11-9-20(3)10-12-21/h4,6-16,18,27,36H,1,5,17,19H2,2-3H3. The number of ether oxygens (including phenoxy) is 2. The average molecular weight is 600 g/mol. The highest BCUT2D eigenvalue weighted by Crippen LogP contribution is 2.44. The molecule has 1 amide bonds. The maximum atomic E-state index is 13.6. The number of benzene rings is 3. The molecule has 2 heterocycles. The van der Waals surface area contributed by atoms with Gasteiger partial charge in [0, 0.05) is 11.3 Å². The lowest BCUT2D eigenvalue weighted by atomic mass is 9.95. The van der Waals surface area contributed by atoms with Gasteiger partial charge in [0.05, 0.1) is 18.2 Å². The Morgan fingerprint density at radius 1 is 1.05 bits per heavy atom. The summed E-state index contributed by atoms with van der Waals surface area (Å²) < 4.78 is 11.9. The number of nitrogens with zero attached hydrogens (tertiary/aromatic N) is 3. The van der Waals surface area contributed by atoms with Gasteiger partial charge in [-0.15, -0.1) is 10.2 Å². The number of Topliss-reactive ketones (excluding diaryl/α,β-unsaturated/α-hetero) is 1. The van der Waals surface area contributed by atoms with Gasteiger partial charge in [-0.2, -0.15) is 0 Å². The average Bonchev–Trinajstić information content (AvgIpc) is 3.58. The summed E-state index contributed by atoms with van der Waals surface area (Å²) in [6, 6.07) is 21.1. The molecule has 214 valence electrons. The Balaban J connectivity index is 1.53. The second-order valence-electron chi connectivity index (χ2n) is 9.42. The van der Waals surface area contributed by atoms with Crippen LogP contribution in [0.15, 0.2) is 95.4 Å². The zero-order valence-electron chi connectivity index (χ0n) is 23.1. The molecule has 0 spiro atoms. The Hall–Kier alpha value is -4.41. The molecule has 42 heavy (non-hydrogen) atoms. The van der Waals surface area contributed by atoms with Crippen LogP contribution in [0.2, 0.25) is 0 Å². The van der Waals surface area contributed by atoms with Gasteiger partial charge < -0.3 is 14.6 Å². The number of anilines is 1. The lowest BCUT2D eigenvalue weighted by Gasteiger charge is -2.23. The summed E-state index contributed by atoms with van der Waals surface area (Å²) in [5.74, 6) is -0.0606. The highest BCUT2D eigenvalue weighted by molar-refractivity contribution is 8.00. The van der Waals surface area contributed by atoms with Crippen molar-refractivity contribution in [2.45, 2.75) is 30.0 Å². The van der Waals surface area contributed by atoms with Crippen molar-refractivity contribution in [3.8, 4) is 11.5 Å².